The fraction of sp³-hybridized carbons (Fsp3) is 0.286. The Kier molecular flexibility index (Phi) is 3.27. The summed E-state index contributed by atoms with van der Waals surface area (Å²) in [5.74, 6) is -1.07. The summed E-state index contributed by atoms with van der Waals surface area (Å²) < 4.78 is 37.4. The van der Waals surface area contributed by atoms with E-state index in [1.807, 2.05) is 0 Å². The van der Waals surface area contributed by atoms with Gasteiger partial charge in [0.05, 0.1) is 17.9 Å². The lowest BCUT2D eigenvalue weighted by Crippen LogP contribution is -2.02. The molecule has 0 atom stereocenters. The van der Waals surface area contributed by atoms with Crippen molar-refractivity contribution in [2.24, 2.45) is 0 Å². The van der Waals surface area contributed by atoms with Gasteiger partial charge in [0.1, 0.15) is 10.4 Å². The summed E-state index contributed by atoms with van der Waals surface area (Å²) in [7, 11) is 0. The van der Waals surface area contributed by atoms with E-state index in [9.17, 15) is 13.2 Å². The molecule has 13 heavy (non-hydrogen) atoms. The molecule has 0 aliphatic heterocycles. The van der Waals surface area contributed by atoms with Crippen molar-refractivity contribution in [3.8, 4) is 0 Å². The van der Waals surface area contributed by atoms with Crippen molar-refractivity contribution in [2.75, 3.05) is 0 Å². The van der Waals surface area contributed by atoms with Crippen molar-refractivity contribution in [1.82, 2.24) is 4.98 Å². The van der Waals surface area contributed by atoms with Gasteiger partial charge in [0.15, 0.2) is 0 Å². The summed E-state index contributed by atoms with van der Waals surface area (Å²) in [6.07, 6.45) is -2.97. The lowest BCUT2D eigenvalue weighted by Gasteiger charge is -2.06. The standard InChI is InChI=1S/C7H5BrF3NO/c8-5-1-3(9)6(7(10)11)4(2-13)12-5/h1,7,13H,2H2. The first-order chi connectivity index (χ1) is 6.06. The highest BCUT2D eigenvalue weighted by atomic mass is 79.9. The summed E-state index contributed by atoms with van der Waals surface area (Å²) in [5, 5.41) is 8.63. The monoisotopic (exact) mass is 255 g/mol. The van der Waals surface area contributed by atoms with Gasteiger partial charge in [0.25, 0.3) is 6.43 Å². The first-order valence-corrected chi connectivity index (χ1v) is 4.09. The number of alkyl halides is 2. The summed E-state index contributed by atoms with van der Waals surface area (Å²) in [5.41, 5.74) is -1.19. The largest absolute Gasteiger partial charge is 0.390 e. The average molecular weight is 256 g/mol. The van der Waals surface area contributed by atoms with Crippen LogP contribution >= 0.6 is 15.9 Å². The van der Waals surface area contributed by atoms with Crippen LogP contribution in [-0.4, -0.2) is 10.1 Å². The lowest BCUT2D eigenvalue weighted by molar-refractivity contribution is 0.140. The molecule has 1 N–H and O–H groups in total. The van der Waals surface area contributed by atoms with E-state index in [0.29, 0.717) is 0 Å². The number of hydrogen-bond donors (Lipinski definition) is 1. The van der Waals surface area contributed by atoms with Crippen molar-refractivity contribution in [1.29, 1.82) is 0 Å². The number of halogens is 4. The zero-order chi connectivity index (χ0) is 10.0. The lowest BCUT2D eigenvalue weighted by atomic mass is 10.2. The number of rotatable bonds is 2. The number of aliphatic hydroxyl groups is 1. The quantitative estimate of drug-likeness (QED) is 0.824. The Morgan fingerprint density at radius 1 is 1.54 bits per heavy atom. The predicted octanol–water partition coefficient (Wildman–Crippen LogP) is 2.41. The predicted molar refractivity (Wildman–Crippen MR) is 42.8 cm³/mol. The molecule has 0 saturated carbocycles. The van der Waals surface area contributed by atoms with E-state index in [-0.39, 0.29) is 10.3 Å². The van der Waals surface area contributed by atoms with Crippen molar-refractivity contribution in [3.63, 3.8) is 0 Å². The molecule has 2 nitrogen and oxygen atoms in total. The second-order valence-electron chi connectivity index (χ2n) is 2.25. The molecular formula is C7H5BrF3NO. The number of pyridine rings is 1. The molecule has 0 saturated heterocycles. The molecule has 72 valence electrons. The van der Waals surface area contributed by atoms with Crippen molar-refractivity contribution < 1.29 is 18.3 Å². The van der Waals surface area contributed by atoms with Crippen LogP contribution in [0.4, 0.5) is 13.2 Å². The van der Waals surface area contributed by atoms with Gasteiger partial charge >= 0.3 is 0 Å². The fourth-order valence-electron chi connectivity index (χ4n) is 0.892. The van der Waals surface area contributed by atoms with Crippen LogP contribution in [0.15, 0.2) is 10.7 Å². The maximum Gasteiger partial charge on any atom is 0.268 e. The van der Waals surface area contributed by atoms with E-state index >= 15 is 0 Å². The number of hydrogen-bond acceptors (Lipinski definition) is 2. The normalized spacial score (nSPS) is 10.9. The average Bonchev–Trinajstić information content (AvgIpc) is 2.01. The van der Waals surface area contributed by atoms with Crippen LogP contribution in [0.25, 0.3) is 0 Å². The molecule has 0 aliphatic carbocycles. The molecular weight excluding hydrogens is 251 g/mol. The summed E-state index contributed by atoms with van der Waals surface area (Å²) in [6.45, 7) is -0.712. The van der Waals surface area contributed by atoms with Crippen LogP contribution in [0.1, 0.15) is 17.7 Å². The highest BCUT2D eigenvalue weighted by Crippen LogP contribution is 2.26. The van der Waals surface area contributed by atoms with Gasteiger partial charge in [-0.3, -0.25) is 0 Å². The number of aromatic nitrogens is 1. The highest BCUT2D eigenvalue weighted by molar-refractivity contribution is 9.10. The van der Waals surface area contributed by atoms with Gasteiger partial charge in [-0.25, -0.2) is 18.2 Å². The zero-order valence-electron chi connectivity index (χ0n) is 6.27. The molecule has 0 radical (unpaired) electrons. The van der Waals surface area contributed by atoms with E-state index in [2.05, 4.69) is 20.9 Å². The van der Waals surface area contributed by atoms with Crippen molar-refractivity contribution in [2.45, 2.75) is 13.0 Å². The maximum atomic E-state index is 12.9. The van der Waals surface area contributed by atoms with Gasteiger partial charge in [0, 0.05) is 6.07 Å². The summed E-state index contributed by atoms with van der Waals surface area (Å²) in [6, 6.07) is 0.834. The van der Waals surface area contributed by atoms with Crippen molar-refractivity contribution >= 4 is 15.9 Å². The molecule has 0 fully saturated rings. The summed E-state index contributed by atoms with van der Waals surface area (Å²) in [4.78, 5) is 3.52. The van der Waals surface area contributed by atoms with E-state index in [1.54, 1.807) is 0 Å². The summed E-state index contributed by atoms with van der Waals surface area (Å²) >= 11 is 2.83. The van der Waals surface area contributed by atoms with Crippen molar-refractivity contribution in [3.05, 3.63) is 27.7 Å². The Morgan fingerprint density at radius 2 is 2.15 bits per heavy atom. The highest BCUT2D eigenvalue weighted by Gasteiger charge is 2.19. The second-order valence-corrected chi connectivity index (χ2v) is 3.06. The van der Waals surface area contributed by atoms with Gasteiger partial charge < -0.3 is 5.11 Å². The Labute approximate surface area is 80.5 Å². The SMILES string of the molecule is OCc1nc(Br)cc(F)c1C(F)F. The minimum atomic E-state index is -2.97. The smallest absolute Gasteiger partial charge is 0.268 e. The maximum absolute atomic E-state index is 12.9. The topological polar surface area (TPSA) is 33.1 Å². The molecule has 0 amide bonds. The molecule has 0 bridgehead atoms. The van der Waals surface area contributed by atoms with E-state index in [1.165, 1.54) is 0 Å². The molecule has 1 aromatic heterocycles. The van der Waals surface area contributed by atoms with Gasteiger partial charge in [0.2, 0.25) is 0 Å². The molecule has 0 spiro atoms. The fourth-order valence-corrected chi connectivity index (χ4v) is 1.31. The van der Waals surface area contributed by atoms with E-state index in [4.69, 9.17) is 5.11 Å². The Bertz CT molecular complexity index is 319. The van der Waals surface area contributed by atoms with Crippen LogP contribution in [-0.2, 0) is 6.61 Å². The molecule has 6 heteroatoms. The third kappa shape index (κ3) is 2.19. The Hall–Kier alpha value is -0.620. The van der Waals surface area contributed by atoms with Crippen LogP contribution in [0.5, 0.6) is 0 Å². The van der Waals surface area contributed by atoms with E-state index in [0.717, 1.165) is 6.07 Å². The number of nitrogens with zero attached hydrogens (tertiary/aromatic N) is 1. The number of aliphatic hydroxyl groups excluding tert-OH is 1. The minimum Gasteiger partial charge on any atom is -0.390 e. The Balaban J connectivity index is 3.30. The van der Waals surface area contributed by atoms with Crippen LogP contribution in [0, 0.1) is 5.82 Å². The van der Waals surface area contributed by atoms with Crippen LogP contribution < -0.4 is 0 Å². The molecule has 1 aromatic rings. The third-order valence-electron chi connectivity index (χ3n) is 1.42. The van der Waals surface area contributed by atoms with Gasteiger partial charge in [-0.15, -0.1) is 0 Å². The third-order valence-corrected chi connectivity index (χ3v) is 1.83. The first kappa shape index (κ1) is 10.5. The molecule has 0 aliphatic rings. The van der Waals surface area contributed by atoms with Crippen LogP contribution in [0.3, 0.4) is 0 Å². The Morgan fingerprint density at radius 3 is 2.62 bits per heavy atom. The van der Waals surface area contributed by atoms with E-state index < -0.39 is 24.4 Å². The van der Waals surface area contributed by atoms with Gasteiger partial charge in [-0.1, -0.05) is 0 Å². The first-order valence-electron chi connectivity index (χ1n) is 3.30. The molecule has 0 unspecified atom stereocenters. The molecule has 1 heterocycles. The van der Waals surface area contributed by atoms with Gasteiger partial charge in [-0.05, 0) is 15.9 Å². The van der Waals surface area contributed by atoms with Gasteiger partial charge in [-0.2, -0.15) is 0 Å². The zero-order valence-corrected chi connectivity index (χ0v) is 7.85. The van der Waals surface area contributed by atoms with Crippen LogP contribution in [0.2, 0.25) is 0 Å². The molecule has 1 rings (SSSR count). The minimum absolute atomic E-state index is 0.0819. The second kappa shape index (κ2) is 4.06. The molecule has 0 aromatic carbocycles.